The minimum atomic E-state index is -4.11. The van der Waals surface area contributed by atoms with Crippen LogP contribution >= 0.6 is 0 Å². The largest absolute Gasteiger partial charge is 0.357 e. The van der Waals surface area contributed by atoms with E-state index in [0.29, 0.717) is 23.2 Å². The van der Waals surface area contributed by atoms with Gasteiger partial charge in [0, 0.05) is 13.6 Å². The number of hydrogen-bond donors (Lipinski definition) is 1. The van der Waals surface area contributed by atoms with Gasteiger partial charge in [-0.05, 0) is 54.8 Å². The molecule has 0 aliphatic heterocycles. The van der Waals surface area contributed by atoms with E-state index in [4.69, 9.17) is 0 Å². The molecule has 0 heterocycles. The molecule has 9 heteroatoms. The lowest BCUT2D eigenvalue weighted by molar-refractivity contribution is -0.140. The molecular weight excluding hydrogens is 481 g/mol. The summed E-state index contributed by atoms with van der Waals surface area (Å²) in [5.74, 6) is -1.35. The summed E-state index contributed by atoms with van der Waals surface area (Å²) in [6.45, 7) is 3.03. The molecule has 190 valence electrons. The van der Waals surface area contributed by atoms with Crippen LogP contribution in [-0.2, 0) is 26.2 Å². The van der Waals surface area contributed by atoms with Crippen molar-refractivity contribution in [3.05, 3.63) is 95.8 Å². The minimum Gasteiger partial charge on any atom is -0.357 e. The first kappa shape index (κ1) is 26.9. The van der Waals surface area contributed by atoms with Gasteiger partial charge in [-0.2, -0.15) is 0 Å². The molecule has 36 heavy (non-hydrogen) atoms. The van der Waals surface area contributed by atoms with Crippen LogP contribution in [0.5, 0.6) is 0 Å². The summed E-state index contributed by atoms with van der Waals surface area (Å²) < 4.78 is 41.9. The Morgan fingerprint density at radius 3 is 2.14 bits per heavy atom. The van der Waals surface area contributed by atoms with Gasteiger partial charge >= 0.3 is 0 Å². The van der Waals surface area contributed by atoms with E-state index in [9.17, 15) is 22.4 Å². The number of sulfonamides is 1. The Morgan fingerprint density at radius 2 is 1.56 bits per heavy atom. The monoisotopic (exact) mass is 511 g/mol. The molecule has 0 saturated carbocycles. The fraction of sp³-hybridized carbons (Fsp3) is 0.259. The summed E-state index contributed by atoms with van der Waals surface area (Å²) in [5, 5.41) is 2.57. The third-order valence-electron chi connectivity index (χ3n) is 5.89. The highest BCUT2D eigenvalue weighted by atomic mass is 32.2. The van der Waals surface area contributed by atoms with E-state index in [2.05, 4.69) is 5.32 Å². The van der Waals surface area contributed by atoms with Gasteiger partial charge in [-0.1, -0.05) is 55.5 Å². The summed E-state index contributed by atoms with van der Waals surface area (Å²) in [7, 11) is -2.63. The van der Waals surface area contributed by atoms with Gasteiger partial charge in [0.2, 0.25) is 11.8 Å². The maximum absolute atomic E-state index is 13.8. The second-order valence-electron chi connectivity index (χ2n) is 8.30. The van der Waals surface area contributed by atoms with Crippen molar-refractivity contribution >= 4 is 27.5 Å². The maximum atomic E-state index is 13.8. The predicted octanol–water partition coefficient (Wildman–Crippen LogP) is 3.88. The van der Waals surface area contributed by atoms with E-state index in [1.165, 1.54) is 48.3 Å². The number of carbonyl (C=O) groups is 2. The molecule has 0 saturated heterocycles. The molecule has 7 nitrogen and oxygen atoms in total. The van der Waals surface area contributed by atoms with Gasteiger partial charge in [0.25, 0.3) is 10.0 Å². The molecule has 3 aromatic carbocycles. The lowest BCUT2D eigenvalue weighted by Gasteiger charge is -2.33. The van der Waals surface area contributed by atoms with Crippen LogP contribution in [0.4, 0.5) is 10.1 Å². The average Bonchev–Trinajstić information content (AvgIpc) is 2.89. The fourth-order valence-corrected chi connectivity index (χ4v) is 5.45. The number of amides is 2. The molecule has 0 radical (unpaired) electrons. The van der Waals surface area contributed by atoms with Gasteiger partial charge in [0.05, 0.1) is 10.6 Å². The van der Waals surface area contributed by atoms with Gasteiger partial charge in [-0.3, -0.25) is 13.9 Å². The Balaban J connectivity index is 2.05. The van der Waals surface area contributed by atoms with E-state index >= 15 is 0 Å². The quantitative estimate of drug-likeness (QED) is 0.448. The highest BCUT2D eigenvalue weighted by molar-refractivity contribution is 7.92. The normalized spacial score (nSPS) is 12.0. The third kappa shape index (κ3) is 6.09. The maximum Gasteiger partial charge on any atom is 0.264 e. The van der Waals surface area contributed by atoms with Crippen LogP contribution in [0.15, 0.2) is 83.8 Å². The standard InChI is InChI=1S/C27H30FN3O4S/c1-4-24(27(33)29-3)30(18-21-14-16-22(28)17-15-21)26(32)19-31(25-13-9-8-10-20(25)2)36(34,35)23-11-6-5-7-12-23/h5-17,24H,4,18-19H2,1-3H3,(H,29,33). The van der Waals surface area contributed by atoms with E-state index in [1.54, 1.807) is 56.3 Å². The summed E-state index contributed by atoms with van der Waals surface area (Å²) in [6, 6.07) is 19.6. The Bertz CT molecular complexity index is 1300. The number of nitrogens with one attached hydrogen (secondary N) is 1. The van der Waals surface area contributed by atoms with Crippen LogP contribution in [0.1, 0.15) is 24.5 Å². The van der Waals surface area contributed by atoms with Gasteiger partial charge in [0.1, 0.15) is 18.4 Å². The van der Waals surface area contributed by atoms with Crippen LogP contribution in [0.2, 0.25) is 0 Å². The van der Waals surface area contributed by atoms with Crippen LogP contribution in [0, 0.1) is 12.7 Å². The number of halogens is 1. The zero-order chi connectivity index (χ0) is 26.3. The molecule has 0 fully saturated rings. The molecule has 0 bridgehead atoms. The van der Waals surface area contributed by atoms with E-state index in [0.717, 1.165) is 4.31 Å². The number of nitrogens with zero attached hydrogens (tertiary/aromatic N) is 2. The molecule has 2 amide bonds. The number of benzene rings is 3. The lowest BCUT2D eigenvalue weighted by Crippen LogP contribution is -2.51. The number of anilines is 1. The summed E-state index contributed by atoms with van der Waals surface area (Å²) in [6.07, 6.45) is 0.308. The van der Waals surface area contributed by atoms with Gasteiger partial charge in [-0.25, -0.2) is 12.8 Å². The molecule has 1 atom stereocenters. The molecule has 0 spiro atoms. The third-order valence-corrected chi connectivity index (χ3v) is 7.67. The highest BCUT2D eigenvalue weighted by Crippen LogP contribution is 2.27. The number of likely N-dealkylation sites (N-methyl/N-ethyl adjacent to an activating group) is 1. The van der Waals surface area contributed by atoms with Crippen molar-refractivity contribution in [2.75, 3.05) is 17.9 Å². The predicted molar refractivity (Wildman–Crippen MR) is 137 cm³/mol. The first-order valence-corrected chi connectivity index (χ1v) is 13.0. The number of para-hydroxylation sites is 1. The van der Waals surface area contributed by atoms with E-state index in [-0.39, 0.29) is 17.3 Å². The number of aryl methyl sites for hydroxylation is 1. The average molecular weight is 512 g/mol. The van der Waals surface area contributed by atoms with Crippen molar-refractivity contribution in [3.63, 3.8) is 0 Å². The molecule has 0 aromatic heterocycles. The minimum absolute atomic E-state index is 0.0119. The lowest BCUT2D eigenvalue weighted by atomic mass is 10.1. The molecule has 3 rings (SSSR count). The zero-order valence-corrected chi connectivity index (χ0v) is 21.3. The summed E-state index contributed by atoms with van der Waals surface area (Å²) in [4.78, 5) is 27.8. The molecule has 1 unspecified atom stereocenters. The van der Waals surface area contributed by atoms with Crippen molar-refractivity contribution in [2.45, 2.75) is 37.8 Å². The Hall–Kier alpha value is -3.72. The van der Waals surface area contributed by atoms with Crippen LogP contribution in [0.3, 0.4) is 0 Å². The van der Waals surface area contributed by atoms with E-state index in [1.807, 2.05) is 0 Å². The first-order chi connectivity index (χ1) is 17.2. The van der Waals surface area contributed by atoms with Gasteiger partial charge in [0.15, 0.2) is 0 Å². The SMILES string of the molecule is CCC(C(=O)NC)N(Cc1ccc(F)cc1)C(=O)CN(c1ccccc1C)S(=O)(=O)c1ccccc1. The second kappa shape index (κ2) is 11.8. The fourth-order valence-electron chi connectivity index (χ4n) is 3.95. The highest BCUT2D eigenvalue weighted by Gasteiger charge is 2.33. The van der Waals surface area contributed by atoms with Crippen molar-refractivity contribution in [2.24, 2.45) is 0 Å². The smallest absolute Gasteiger partial charge is 0.264 e. The van der Waals surface area contributed by atoms with Gasteiger partial charge in [-0.15, -0.1) is 0 Å². The Morgan fingerprint density at radius 1 is 0.944 bits per heavy atom. The van der Waals surface area contributed by atoms with Crippen LogP contribution in [0.25, 0.3) is 0 Å². The number of hydrogen-bond acceptors (Lipinski definition) is 4. The topological polar surface area (TPSA) is 86.8 Å². The Labute approximate surface area is 211 Å². The molecule has 0 aliphatic rings. The second-order valence-corrected chi connectivity index (χ2v) is 10.2. The van der Waals surface area contributed by atoms with E-state index < -0.39 is 34.3 Å². The first-order valence-electron chi connectivity index (χ1n) is 11.6. The summed E-state index contributed by atoms with van der Waals surface area (Å²) in [5.41, 5.74) is 1.65. The van der Waals surface area contributed by atoms with Crippen molar-refractivity contribution in [1.29, 1.82) is 0 Å². The molecule has 1 N–H and O–H groups in total. The van der Waals surface area contributed by atoms with Gasteiger partial charge < -0.3 is 10.2 Å². The Kier molecular flexibility index (Phi) is 8.82. The van der Waals surface area contributed by atoms with Crippen molar-refractivity contribution in [3.8, 4) is 0 Å². The molecule has 0 aliphatic carbocycles. The van der Waals surface area contributed by atoms with Crippen LogP contribution in [-0.4, -0.2) is 44.8 Å². The molecular formula is C27H30FN3O4S. The number of rotatable bonds is 10. The van der Waals surface area contributed by atoms with Crippen molar-refractivity contribution in [1.82, 2.24) is 10.2 Å². The zero-order valence-electron chi connectivity index (χ0n) is 20.5. The summed E-state index contributed by atoms with van der Waals surface area (Å²) >= 11 is 0. The number of carbonyl (C=O) groups excluding carboxylic acids is 2. The van der Waals surface area contributed by atoms with Crippen LogP contribution < -0.4 is 9.62 Å². The van der Waals surface area contributed by atoms with Crippen molar-refractivity contribution < 1.29 is 22.4 Å². The molecule has 3 aromatic rings.